The molecule has 1 aromatic carbocycles. The smallest absolute Gasteiger partial charge is 0.316 e. The minimum atomic E-state index is -4.63. The predicted octanol–water partition coefficient (Wildman–Crippen LogP) is 4.32. The predicted molar refractivity (Wildman–Crippen MR) is 158 cm³/mol. The summed E-state index contributed by atoms with van der Waals surface area (Å²) in [5.41, 5.74) is -0.306. The zero-order valence-electron chi connectivity index (χ0n) is 24.2. The van der Waals surface area contributed by atoms with Gasteiger partial charge in [-0.2, -0.15) is 13.2 Å². The lowest BCUT2D eigenvalue weighted by Gasteiger charge is -2.44. The Labute approximate surface area is 253 Å². The van der Waals surface area contributed by atoms with Crippen LogP contribution in [0.15, 0.2) is 41.6 Å². The van der Waals surface area contributed by atoms with Crippen LogP contribution < -0.4 is 21.5 Å². The molecule has 9 nitrogen and oxygen atoms in total. The van der Waals surface area contributed by atoms with Crippen LogP contribution in [0.5, 0.6) is 0 Å². The summed E-state index contributed by atoms with van der Waals surface area (Å²) in [4.78, 5) is 18.4. The van der Waals surface area contributed by atoms with Gasteiger partial charge in [-0.15, -0.1) is 5.10 Å². The number of fused-ring (bicyclic) bond motifs is 4. The molecule has 6 rings (SSSR count). The lowest BCUT2D eigenvalue weighted by atomic mass is 9.72. The molecule has 0 spiro atoms. The van der Waals surface area contributed by atoms with Gasteiger partial charge in [0.15, 0.2) is 5.69 Å². The molecule has 3 fully saturated rings. The molecule has 0 amide bonds. The number of halogens is 4. The van der Waals surface area contributed by atoms with Crippen LogP contribution in [0.2, 0.25) is 5.02 Å². The van der Waals surface area contributed by atoms with E-state index >= 15 is 0 Å². The van der Waals surface area contributed by atoms with Gasteiger partial charge in [0.2, 0.25) is 0 Å². The van der Waals surface area contributed by atoms with E-state index in [0.717, 1.165) is 75.7 Å². The first kappa shape index (κ1) is 30.2. The summed E-state index contributed by atoms with van der Waals surface area (Å²) in [6.07, 6.45) is 2.93. The second kappa shape index (κ2) is 12.7. The van der Waals surface area contributed by atoms with Crippen LogP contribution >= 0.6 is 11.6 Å². The van der Waals surface area contributed by atoms with Crippen LogP contribution in [0.3, 0.4) is 0 Å². The lowest BCUT2D eigenvalue weighted by molar-refractivity contribution is -0.141. The van der Waals surface area contributed by atoms with Crippen LogP contribution in [0, 0.1) is 23.7 Å². The summed E-state index contributed by atoms with van der Waals surface area (Å²) in [6.45, 7) is 7.14. The number of nitrogens with one attached hydrogen (secondary N) is 3. The van der Waals surface area contributed by atoms with E-state index in [2.05, 4.69) is 38.2 Å². The summed E-state index contributed by atoms with van der Waals surface area (Å²) in [6, 6.07) is 6.58. The summed E-state index contributed by atoms with van der Waals surface area (Å²) in [7, 11) is 0. The molecular formula is C30H38ClF3N8O. The van der Waals surface area contributed by atoms with Gasteiger partial charge in [-0.1, -0.05) is 30.2 Å². The summed E-state index contributed by atoms with van der Waals surface area (Å²) < 4.78 is 42.4. The Balaban J connectivity index is 1.32. The Morgan fingerprint density at radius 1 is 1.02 bits per heavy atom. The van der Waals surface area contributed by atoms with Crippen molar-refractivity contribution in [2.75, 3.05) is 32.7 Å². The molecule has 2 aromatic heterocycles. The number of hydrogen-bond acceptors (Lipinski definition) is 7. The molecule has 3 N–H and O–H groups in total. The van der Waals surface area contributed by atoms with E-state index in [9.17, 15) is 18.0 Å². The quantitative estimate of drug-likeness (QED) is 0.402. The van der Waals surface area contributed by atoms with Crippen molar-refractivity contribution < 1.29 is 13.2 Å². The fraction of sp³-hybridized carbons (Fsp3) is 0.600. The number of rotatable bonds is 3. The molecule has 0 aliphatic carbocycles. The molecule has 3 aromatic rings. The Kier molecular flexibility index (Phi) is 8.91. The molecule has 3 aliphatic heterocycles. The minimum Gasteiger partial charge on any atom is -0.316 e. The van der Waals surface area contributed by atoms with Crippen molar-refractivity contribution in [3.63, 3.8) is 0 Å². The molecule has 3 aliphatic rings. The van der Waals surface area contributed by atoms with Gasteiger partial charge in [-0.25, -0.2) is 9.67 Å². The maximum Gasteiger partial charge on any atom is 0.436 e. The van der Waals surface area contributed by atoms with Crippen LogP contribution in [0.4, 0.5) is 13.2 Å². The fourth-order valence-electron chi connectivity index (χ4n) is 7.26. The Bertz CT molecular complexity index is 1480. The first-order valence-electron chi connectivity index (χ1n) is 15.2. The average molecular weight is 619 g/mol. The maximum absolute atomic E-state index is 13.8. The number of benzene rings is 1. The van der Waals surface area contributed by atoms with Gasteiger partial charge in [-0.05, 0) is 93.7 Å². The molecule has 0 radical (unpaired) electrons. The van der Waals surface area contributed by atoms with Gasteiger partial charge in [0.25, 0.3) is 5.56 Å². The van der Waals surface area contributed by atoms with Crippen LogP contribution in [-0.2, 0) is 6.18 Å². The third-order valence-electron chi connectivity index (χ3n) is 9.49. The number of nitrogens with zero attached hydrogens (tertiary/aromatic N) is 5. The molecule has 6 atom stereocenters. The summed E-state index contributed by atoms with van der Waals surface area (Å²) in [5, 5.41) is 18.4. The third kappa shape index (κ3) is 6.67. The van der Waals surface area contributed by atoms with Crippen molar-refractivity contribution in [3.05, 3.63) is 57.9 Å². The number of hydrogen-bond donors (Lipinski definition) is 3. The van der Waals surface area contributed by atoms with Crippen molar-refractivity contribution in [2.24, 2.45) is 23.7 Å². The maximum atomic E-state index is 13.8. The second-order valence-corrected chi connectivity index (χ2v) is 12.9. The van der Waals surface area contributed by atoms with Gasteiger partial charge in [0.05, 0.1) is 23.9 Å². The second-order valence-electron chi connectivity index (χ2n) is 12.4. The SMILES string of the molecule is C[C@@H]1CCC[C@H](n2cnc(-c3cc(Cl)ccc3-n3cc(C(F)(F)F)nn3)cc2=O)C2CNCC(C2)C2CCNCC2NC1. The monoisotopic (exact) mass is 618 g/mol. The topological polar surface area (TPSA) is 102 Å². The fourth-order valence-corrected chi connectivity index (χ4v) is 7.43. The molecule has 43 heavy (non-hydrogen) atoms. The third-order valence-corrected chi connectivity index (χ3v) is 9.72. The van der Waals surface area contributed by atoms with Gasteiger partial charge in [0, 0.05) is 35.3 Å². The van der Waals surface area contributed by atoms with Gasteiger partial charge < -0.3 is 16.0 Å². The van der Waals surface area contributed by atoms with E-state index in [0.29, 0.717) is 45.8 Å². The highest BCUT2D eigenvalue weighted by Gasteiger charge is 2.38. The summed E-state index contributed by atoms with van der Waals surface area (Å²) >= 11 is 6.28. The van der Waals surface area contributed by atoms with E-state index in [1.165, 1.54) is 6.07 Å². The van der Waals surface area contributed by atoms with Crippen molar-refractivity contribution in [2.45, 2.75) is 57.3 Å². The molecule has 13 heteroatoms. The molecule has 0 saturated carbocycles. The molecule has 3 saturated heterocycles. The van der Waals surface area contributed by atoms with E-state index in [4.69, 9.17) is 11.6 Å². The number of aromatic nitrogens is 5. The van der Waals surface area contributed by atoms with Crippen LogP contribution in [-0.4, -0.2) is 63.3 Å². The number of alkyl halides is 3. The van der Waals surface area contributed by atoms with Crippen LogP contribution in [0.25, 0.3) is 16.9 Å². The lowest BCUT2D eigenvalue weighted by Crippen LogP contribution is -2.55. The average Bonchev–Trinajstić information content (AvgIpc) is 3.50. The zero-order valence-corrected chi connectivity index (χ0v) is 24.9. The minimum absolute atomic E-state index is 0.00686. The molecule has 4 unspecified atom stereocenters. The van der Waals surface area contributed by atoms with Gasteiger partial charge in [-0.3, -0.25) is 9.36 Å². The van der Waals surface area contributed by atoms with Gasteiger partial charge >= 0.3 is 6.18 Å². The Morgan fingerprint density at radius 3 is 2.65 bits per heavy atom. The van der Waals surface area contributed by atoms with E-state index in [-0.39, 0.29) is 17.5 Å². The summed E-state index contributed by atoms with van der Waals surface area (Å²) in [5.74, 6) is 1.93. The van der Waals surface area contributed by atoms with Crippen molar-refractivity contribution in [3.8, 4) is 16.9 Å². The highest BCUT2D eigenvalue weighted by atomic mass is 35.5. The van der Waals surface area contributed by atoms with E-state index < -0.39 is 11.9 Å². The molecule has 232 valence electrons. The standard InChI is InChI=1S/C30H38ClF3N8O/c1-18-3-2-4-26(20-9-19(13-36-14-20)22-7-8-35-15-25(22)37-12-18)41-17-38-24(11-29(41)43)23-10-21(31)5-6-27(23)42-16-28(39-40-42)30(32,33)34/h5-6,10-11,16-20,22,25-26,35-37H,2-4,7-9,12-15H2,1H3/t18-,19?,20?,22?,25?,26+/m1/s1. The van der Waals surface area contributed by atoms with E-state index in [1.54, 1.807) is 29.1 Å². The highest BCUT2D eigenvalue weighted by Crippen LogP contribution is 2.37. The molecule has 2 bridgehead atoms. The van der Waals surface area contributed by atoms with Crippen molar-refractivity contribution in [1.82, 2.24) is 40.5 Å². The largest absolute Gasteiger partial charge is 0.436 e. The normalized spacial score (nSPS) is 28.9. The Hall–Kier alpha value is -2.80. The highest BCUT2D eigenvalue weighted by molar-refractivity contribution is 6.31. The Morgan fingerprint density at radius 2 is 1.86 bits per heavy atom. The first-order valence-corrected chi connectivity index (χ1v) is 15.6. The number of piperidine rings is 2. The van der Waals surface area contributed by atoms with Gasteiger partial charge in [0.1, 0.15) is 0 Å². The van der Waals surface area contributed by atoms with Crippen molar-refractivity contribution in [1.29, 1.82) is 0 Å². The van der Waals surface area contributed by atoms with Crippen LogP contribution in [0.1, 0.15) is 50.8 Å². The molecule has 5 heterocycles. The van der Waals surface area contributed by atoms with E-state index in [1.807, 2.05) is 0 Å². The first-order chi connectivity index (χ1) is 20.7. The zero-order chi connectivity index (χ0) is 30.1. The molecular weight excluding hydrogens is 581 g/mol. The van der Waals surface area contributed by atoms with Crippen molar-refractivity contribution >= 4 is 11.6 Å².